The first-order chi connectivity index (χ1) is 12.7. The van der Waals surface area contributed by atoms with Gasteiger partial charge in [-0.2, -0.15) is 10.1 Å². The van der Waals surface area contributed by atoms with Crippen molar-refractivity contribution in [3.63, 3.8) is 0 Å². The summed E-state index contributed by atoms with van der Waals surface area (Å²) in [7, 11) is 0. The molecule has 2 heterocycles. The monoisotopic (exact) mass is 350 g/mol. The van der Waals surface area contributed by atoms with Crippen LogP contribution in [0.15, 0.2) is 30.7 Å². The Balaban J connectivity index is 1.49. The molecule has 3 aromatic rings. The Morgan fingerprint density at radius 3 is 2.88 bits per heavy atom. The lowest BCUT2D eigenvalue weighted by Gasteiger charge is -2.09. The predicted molar refractivity (Wildman–Crippen MR) is 93.2 cm³/mol. The van der Waals surface area contributed by atoms with Crippen LogP contribution in [0, 0.1) is 0 Å². The maximum absolute atomic E-state index is 12.4. The van der Waals surface area contributed by atoms with Gasteiger partial charge in [0.05, 0.1) is 11.3 Å². The van der Waals surface area contributed by atoms with Gasteiger partial charge in [0.25, 0.3) is 5.78 Å². The molecule has 0 saturated heterocycles. The summed E-state index contributed by atoms with van der Waals surface area (Å²) < 4.78 is 6.75. The molecule has 0 aliphatic heterocycles. The number of Topliss-reactive ketones (excluding diaryl/α,β-unsaturated/α-hetero) is 1. The Bertz CT molecular complexity index is 1010. The van der Waals surface area contributed by atoms with E-state index >= 15 is 0 Å². The molecule has 26 heavy (non-hydrogen) atoms. The number of carbonyl (C=O) groups excluding carboxylic acids is 2. The van der Waals surface area contributed by atoms with E-state index in [1.54, 1.807) is 6.07 Å². The van der Waals surface area contributed by atoms with Crippen LogP contribution in [0.25, 0.3) is 5.78 Å². The summed E-state index contributed by atoms with van der Waals surface area (Å²) in [5.74, 6) is -0.366. The molecule has 0 unspecified atom stereocenters. The average molecular weight is 350 g/mol. The highest BCUT2D eigenvalue weighted by molar-refractivity contribution is 5.99. The van der Waals surface area contributed by atoms with Gasteiger partial charge in [0.2, 0.25) is 0 Å². The van der Waals surface area contributed by atoms with E-state index in [0.29, 0.717) is 29.0 Å². The van der Waals surface area contributed by atoms with Crippen LogP contribution in [0.1, 0.15) is 50.9 Å². The van der Waals surface area contributed by atoms with Crippen LogP contribution in [0.3, 0.4) is 0 Å². The fourth-order valence-corrected chi connectivity index (χ4v) is 3.37. The third kappa shape index (κ3) is 2.85. The smallest absolute Gasteiger partial charge is 0.342 e. The quantitative estimate of drug-likeness (QED) is 0.518. The Kier molecular flexibility index (Phi) is 4.20. The maximum atomic E-state index is 12.4. The van der Waals surface area contributed by atoms with E-state index < -0.39 is 5.97 Å². The SMILES string of the molecule is CCc1c(C(=O)OCC(=O)c2ccc3c(c2)CCC3)cnc2ncnn12. The average Bonchev–Trinajstić information content (AvgIpc) is 3.32. The van der Waals surface area contributed by atoms with Crippen molar-refractivity contribution >= 4 is 17.5 Å². The Hall–Kier alpha value is -3.09. The van der Waals surface area contributed by atoms with Gasteiger partial charge in [0.15, 0.2) is 12.4 Å². The van der Waals surface area contributed by atoms with Gasteiger partial charge in [-0.15, -0.1) is 0 Å². The first-order valence-electron chi connectivity index (χ1n) is 8.67. The molecule has 0 amide bonds. The zero-order valence-corrected chi connectivity index (χ0v) is 14.4. The van der Waals surface area contributed by atoms with Gasteiger partial charge in [-0.3, -0.25) is 4.79 Å². The van der Waals surface area contributed by atoms with Crippen molar-refractivity contribution in [2.75, 3.05) is 6.61 Å². The molecule has 1 aliphatic rings. The number of aromatic nitrogens is 4. The van der Waals surface area contributed by atoms with Crippen LogP contribution in [-0.2, 0) is 24.0 Å². The van der Waals surface area contributed by atoms with Gasteiger partial charge in [-0.05, 0) is 42.9 Å². The van der Waals surface area contributed by atoms with E-state index in [0.717, 1.165) is 19.3 Å². The molecule has 0 saturated carbocycles. The zero-order chi connectivity index (χ0) is 18.1. The van der Waals surface area contributed by atoms with Gasteiger partial charge in [-0.1, -0.05) is 19.1 Å². The van der Waals surface area contributed by atoms with Gasteiger partial charge in [-0.25, -0.2) is 14.3 Å². The van der Waals surface area contributed by atoms with Crippen LogP contribution in [-0.4, -0.2) is 37.9 Å². The molecule has 0 N–H and O–H groups in total. The van der Waals surface area contributed by atoms with Crippen LogP contribution in [0.4, 0.5) is 0 Å². The van der Waals surface area contributed by atoms with Crippen LogP contribution >= 0.6 is 0 Å². The number of hydrogen-bond acceptors (Lipinski definition) is 6. The van der Waals surface area contributed by atoms with E-state index in [1.165, 1.54) is 28.2 Å². The van der Waals surface area contributed by atoms with Gasteiger partial charge < -0.3 is 4.74 Å². The fraction of sp³-hybridized carbons (Fsp3) is 0.316. The normalized spacial score (nSPS) is 13.0. The molecule has 1 aliphatic carbocycles. The summed E-state index contributed by atoms with van der Waals surface area (Å²) >= 11 is 0. The number of ether oxygens (including phenoxy) is 1. The maximum Gasteiger partial charge on any atom is 0.342 e. The second-order valence-electron chi connectivity index (χ2n) is 6.28. The zero-order valence-electron chi connectivity index (χ0n) is 14.4. The number of rotatable bonds is 5. The van der Waals surface area contributed by atoms with Crippen molar-refractivity contribution in [2.45, 2.75) is 32.6 Å². The third-order valence-corrected chi connectivity index (χ3v) is 4.72. The molecule has 1 aromatic carbocycles. The Morgan fingerprint density at radius 2 is 2.04 bits per heavy atom. The number of nitrogens with zero attached hydrogens (tertiary/aromatic N) is 4. The number of aryl methyl sites for hydroxylation is 3. The summed E-state index contributed by atoms with van der Waals surface area (Å²) in [4.78, 5) is 32.9. The number of fused-ring (bicyclic) bond motifs is 2. The molecule has 132 valence electrons. The first-order valence-corrected chi connectivity index (χ1v) is 8.67. The van der Waals surface area contributed by atoms with Crippen molar-refractivity contribution in [3.8, 4) is 0 Å². The largest absolute Gasteiger partial charge is 0.454 e. The molecule has 0 bridgehead atoms. The van der Waals surface area contributed by atoms with Gasteiger partial charge >= 0.3 is 5.97 Å². The first kappa shape index (κ1) is 16.4. The van der Waals surface area contributed by atoms with E-state index in [1.807, 2.05) is 19.1 Å². The molecule has 0 radical (unpaired) electrons. The Morgan fingerprint density at radius 1 is 1.19 bits per heavy atom. The van der Waals surface area contributed by atoms with Crippen LogP contribution < -0.4 is 0 Å². The second kappa shape index (κ2) is 6.67. The topological polar surface area (TPSA) is 86.5 Å². The molecule has 0 fully saturated rings. The summed E-state index contributed by atoms with van der Waals surface area (Å²) in [6.45, 7) is 1.61. The van der Waals surface area contributed by atoms with Gasteiger partial charge in [0, 0.05) is 11.8 Å². The summed E-state index contributed by atoms with van der Waals surface area (Å²) in [5, 5.41) is 4.08. The summed E-state index contributed by atoms with van der Waals surface area (Å²) in [6.07, 6.45) is 6.56. The number of ketones is 1. The lowest BCUT2D eigenvalue weighted by atomic mass is 10.0. The second-order valence-corrected chi connectivity index (χ2v) is 6.28. The van der Waals surface area contributed by atoms with Gasteiger partial charge in [0.1, 0.15) is 6.33 Å². The molecule has 2 aromatic heterocycles. The molecule has 7 nitrogen and oxygen atoms in total. The molecular weight excluding hydrogens is 332 g/mol. The summed E-state index contributed by atoms with van der Waals surface area (Å²) in [5.41, 5.74) is 4.06. The van der Waals surface area contributed by atoms with Crippen molar-refractivity contribution in [3.05, 3.63) is 58.7 Å². The molecule has 0 spiro atoms. The number of esters is 1. The minimum absolute atomic E-state index is 0.208. The van der Waals surface area contributed by atoms with Crippen LogP contribution in [0.2, 0.25) is 0 Å². The molecular formula is C19H18N4O3. The third-order valence-electron chi connectivity index (χ3n) is 4.72. The van der Waals surface area contributed by atoms with E-state index in [-0.39, 0.29) is 12.4 Å². The van der Waals surface area contributed by atoms with Crippen LogP contribution in [0.5, 0.6) is 0 Å². The van der Waals surface area contributed by atoms with E-state index in [2.05, 4.69) is 15.1 Å². The number of carbonyl (C=O) groups is 2. The Labute approximate surface area is 150 Å². The fourth-order valence-electron chi connectivity index (χ4n) is 3.37. The molecule has 0 atom stereocenters. The van der Waals surface area contributed by atoms with Crippen molar-refractivity contribution in [2.24, 2.45) is 0 Å². The predicted octanol–water partition coefficient (Wildman–Crippen LogP) is 2.22. The highest BCUT2D eigenvalue weighted by atomic mass is 16.5. The van der Waals surface area contributed by atoms with Crippen molar-refractivity contribution in [1.82, 2.24) is 19.6 Å². The van der Waals surface area contributed by atoms with Crippen molar-refractivity contribution in [1.29, 1.82) is 0 Å². The minimum Gasteiger partial charge on any atom is -0.454 e. The highest BCUT2D eigenvalue weighted by Crippen LogP contribution is 2.23. The molecule has 7 heteroatoms. The van der Waals surface area contributed by atoms with E-state index in [4.69, 9.17) is 4.74 Å². The lowest BCUT2D eigenvalue weighted by molar-refractivity contribution is 0.0472. The molecule has 4 rings (SSSR count). The summed E-state index contributed by atoms with van der Waals surface area (Å²) in [6, 6.07) is 5.72. The number of benzene rings is 1. The lowest BCUT2D eigenvalue weighted by Crippen LogP contribution is -2.17. The van der Waals surface area contributed by atoms with E-state index in [9.17, 15) is 9.59 Å². The number of hydrogen-bond donors (Lipinski definition) is 0. The highest BCUT2D eigenvalue weighted by Gasteiger charge is 2.19. The standard InChI is InChI=1S/C19H18N4O3/c1-2-16-15(9-20-19-21-11-22-23(16)19)18(25)26-10-17(24)14-7-6-12-4-3-5-13(12)8-14/h6-9,11H,2-5,10H2,1H3. The minimum atomic E-state index is -0.582. The van der Waals surface area contributed by atoms with Crippen molar-refractivity contribution < 1.29 is 14.3 Å².